The van der Waals surface area contributed by atoms with Gasteiger partial charge < -0.3 is 15.5 Å². The van der Waals surface area contributed by atoms with Gasteiger partial charge in [-0.15, -0.1) is 0 Å². The van der Waals surface area contributed by atoms with Gasteiger partial charge in [-0.2, -0.15) is 0 Å². The van der Waals surface area contributed by atoms with Crippen molar-refractivity contribution in [1.29, 1.82) is 0 Å². The molecule has 0 saturated carbocycles. The molecule has 3 aromatic rings. The number of fused-ring (bicyclic) bond motifs is 2. The Bertz CT molecular complexity index is 1210. The molecule has 1 aliphatic heterocycles. The molecule has 1 saturated heterocycles. The Kier molecular flexibility index (Phi) is 5.94. The van der Waals surface area contributed by atoms with Crippen LogP contribution >= 0.6 is 0 Å². The van der Waals surface area contributed by atoms with Gasteiger partial charge in [-0.05, 0) is 67.9 Å². The van der Waals surface area contributed by atoms with Gasteiger partial charge in [0.1, 0.15) is 5.82 Å². The van der Waals surface area contributed by atoms with Gasteiger partial charge in [-0.25, -0.2) is 9.18 Å². The second-order valence-corrected chi connectivity index (χ2v) is 8.89. The van der Waals surface area contributed by atoms with Crippen LogP contribution in [0, 0.1) is 11.7 Å². The van der Waals surface area contributed by atoms with E-state index in [1.165, 1.54) is 12.1 Å². The number of amides is 3. The SMILES string of the molecule is O=C(NCC1CCCN(C(=O)c2c3c(nc4ccccc24)CCC3)C1)Nc1cccc(F)c1. The fourth-order valence-corrected chi connectivity index (χ4v) is 5.01. The molecule has 2 heterocycles. The van der Waals surface area contributed by atoms with Crippen molar-refractivity contribution in [2.45, 2.75) is 32.1 Å². The Morgan fingerprint density at radius 1 is 1.09 bits per heavy atom. The van der Waals surface area contributed by atoms with Crippen molar-refractivity contribution in [1.82, 2.24) is 15.2 Å². The predicted molar refractivity (Wildman–Crippen MR) is 126 cm³/mol. The molecule has 33 heavy (non-hydrogen) atoms. The summed E-state index contributed by atoms with van der Waals surface area (Å²) < 4.78 is 13.3. The zero-order chi connectivity index (χ0) is 22.8. The lowest BCUT2D eigenvalue weighted by atomic mass is 9.95. The van der Waals surface area contributed by atoms with Crippen molar-refractivity contribution >= 4 is 28.5 Å². The summed E-state index contributed by atoms with van der Waals surface area (Å²) in [5.74, 6) is -0.160. The highest BCUT2D eigenvalue weighted by Gasteiger charge is 2.30. The van der Waals surface area contributed by atoms with Gasteiger partial charge in [0.2, 0.25) is 0 Å². The molecule has 1 aromatic heterocycles. The molecular weight excluding hydrogens is 419 g/mol. The number of nitrogens with one attached hydrogen (secondary N) is 2. The molecule has 0 bridgehead atoms. The van der Waals surface area contributed by atoms with E-state index in [1.807, 2.05) is 29.2 Å². The number of anilines is 1. The van der Waals surface area contributed by atoms with E-state index in [0.29, 0.717) is 18.8 Å². The van der Waals surface area contributed by atoms with Crippen LogP contribution in [0.15, 0.2) is 48.5 Å². The number of likely N-dealkylation sites (tertiary alicyclic amines) is 1. The summed E-state index contributed by atoms with van der Waals surface area (Å²) in [5, 5.41) is 6.45. The highest BCUT2D eigenvalue weighted by atomic mass is 19.1. The first-order valence-corrected chi connectivity index (χ1v) is 11.6. The number of nitrogens with zero attached hydrogens (tertiary/aromatic N) is 2. The molecule has 0 radical (unpaired) electrons. The quantitative estimate of drug-likeness (QED) is 0.618. The molecular formula is C26H27FN4O2. The number of piperidine rings is 1. The van der Waals surface area contributed by atoms with E-state index in [-0.39, 0.29) is 17.9 Å². The summed E-state index contributed by atoms with van der Waals surface area (Å²) in [4.78, 5) is 32.7. The van der Waals surface area contributed by atoms with Crippen LogP contribution in [-0.2, 0) is 12.8 Å². The van der Waals surface area contributed by atoms with Crippen LogP contribution in [0.3, 0.4) is 0 Å². The number of benzene rings is 2. The van der Waals surface area contributed by atoms with Crippen LogP contribution in [0.4, 0.5) is 14.9 Å². The molecule has 170 valence electrons. The second-order valence-electron chi connectivity index (χ2n) is 8.89. The molecule has 2 aromatic carbocycles. The minimum Gasteiger partial charge on any atom is -0.338 e. The lowest BCUT2D eigenvalue weighted by Crippen LogP contribution is -2.44. The number of aryl methyl sites for hydroxylation is 1. The van der Waals surface area contributed by atoms with Crippen molar-refractivity contribution in [3.63, 3.8) is 0 Å². The van der Waals surface area contributed by atoms with E-state index in [4.69, 9.17) is 4.98 Å². The molecule has 2 N–H and O–H groups in total. The van der Waals surface area contributed by atoms with Crippen LogP contribution in [0.1, 0.15) is 40.9 Å². The molecule has 1 aliphatic carbocycles. The zero-order valence-corrected chi connectivity index (χ0v) is 18.4. The van der Waals surface area contributed by atoms with Crippen molar-refractivity contribution in [3.05, 3.63) is 71.2 Å². The van der Waals surface area contributed by atoms with Gasteiger partial charge in [-0.1, -0.05) is 24.3 Å². The van der Waals surface area contributed by atoms with E-state index in [2.05, 4.69) is 10.6 Å². The van der Waals surface area contributed by atoms with E-state index >= 15 is 0 Å². The van der Waals surface area contributed by atoms with Crippen LogP contribution in [0.2, 0.25) is 0 Å². The minimum atomic E-state index is -0.399. The normalized spacial score (nSPS) is 17.6. The van der Waals surface area contributed by atoms with E-state index in [1.54, 1.807) is 12.1 Å². The monoisotopic (exact) mass is 446 g/mol. The number of carbonyl (C=O) groups excluding carboxylic acids is 2. The number of hydrogen-bond donors (Lipinski definition) is 2. The van der Waals surface area contributed by atoms with Gasteiger partial charge in [0.25, 0.3) is 5.91 Å². The Hall–Kier alpha value is -3.48. The molecule has 0 spiro atoms. The van der Waals surface area contributed by atoms with Crippen LogP contribution in [0.5, 0.6) is 0 Å². The first kappa shape index (κ1) is 21.4. The van der Waals surface area contributed by atoms with Crippen molar-refractivity contribution in [2.24, 2.45) is 5.92 Å². The third-order valence-corrected chi connectivity index (χ3v) is 6.57. The summed E-state index contributed by atoms with van der Waals surface area (Å²) in [7, 11) is 0. The summed E-state index contributed by atoms with van der Waals surface area (Å²) in [6, 6.07) is 13.3. The molecule has 6 nitrogen and oxygen atoms in total. The maximum Gasteiger partial charge on any atom is 0.319 e. The Morgan fingerprint density at radius 3 is 2.85 bits per heavy atom. The first-order chi connectivity index (χ1) is 16.1. The van der Waals surface area contributed by atoms with Crippen LogP contribution in [0.25, 0.3) is 10.9 Å². The highest BCUT2D eigenvalue weighted by molar-refractivity contribution is 6.07. The number of pyridine rings is 1. The van der Waals surface area contributed by atoms with Gasteiger partial charge in [-0.3, -0.25) is 9.78 Å². The maximum absolute atomic E-state index is 13.7. The minimum absolute atomic E-state index is 0.0701. The fraction of sp³-hybridized carbons (Fsp3) is 0.346. The highest BCUT2D eigenvalue weighted by Crippen LogP contribution is 2.31. The number of aromatic nitrogens is 1. The average molecular weight is 447 g/mol. The average Bonchev–Trinajstić information content (AvgIpc) is 3.29. The second kappa shape index (κ2) is 9.17. The van der Waals surface area contributed by atoms with Crippen molar-refractivity contribution in [3.8, 4) is 0 Å². The molecule has 5 rings (SSSR count). The van der Waals surface area contributed by atoms with E-state index in [9.17, 15) is 14.0 Å². The number of para-hydroxylation sites is 1. The number of carbonyl (C=O) groups is 2. The number of halogens is 1. The summed E-state index contributed by atoms with van der Waals surface area (Å²) in [6.45, 7) is 1.78. The molecule has 2 aliphatic rings. The molecule has 3 amide bonds. The number of hydrogen-bond acceptors (Lipinski definition) is 3. The van der Waals surface area contributed by atoms with Crippen LogP contribution < -0.4 is 10.6 Å². The van der Waals surface area contributed by atoms with Crippen molar-refractivity contribution in [2.75, 3.05) is 25.0 Å². The van der Waals surface area contributed by atoms with Gasteiger partial charge in [0, 0.05) is 36.4 Å². The standard InChI is InChI=1S/C26H27FN4O2/c27-18-7-3-8-19(14-18)29-26(33)28-15-17-6-5-13-31(16-17)25(32)24-20-9-1-2-11-22(20)30-23-12-4-10-21(23)24/h1-3,7-9,11,14,17H,4-6,10,12-13,15-16H2,(H2,28,29,33). The molecule has 1 fully saturated rings. The summed E-state index contributed by atoms with van der Waals surface area (Å²) in [6.07, 6.45) is 4.70. The number of urea groups is 1. The third kappa shape index (κ3) is 4.53. The lowest BCUT2D eigenvalue weighted by molar-refractivity contribution is 0.0676. The van der Waals surface area contributed by atoms with Crippen molar-refractivity contribution < 1.29 is 14.0 Å². The first-order valence-electron chi connectivity index (χ1n) is 11.6. The zero-order valence-electron chi connectivity index (χ0n) is 18.4. The van der Waals surface area contributed by atoms with Gasteiger partial charge in [0.05, 0.1) is 11.1 Å². The molecule has 1 unspecified atom stereocenters. The topological polar surface area (TPSA) is 74.3 Å². The van der Waals surface area contributed by atoms with E-state index in [0.717, 1.165) is 66.4 Å². The number of rotatable bonds is 4. The predicted octanol–water partition coefficient (Wildman–Crippen LogP) is 4.54. The van der Waals surface area contributed by atoms with E-state index < -0.39 is 5.82 Å². The maximum atomic E-state index is 13.7. The van der Waals surface area contributed by atoms with Gasteiger partial charge >= 0.3 is 6.03 Å². The molecule has 7 heteroatoms. The summed E-state index contributed by atoms with van der Waals surface area (Å²) >= 11 is 0. The Labute approximate surface area is 192 Å². The lowest BCUT2D eigenvalue weighted by Gasteiger charge is -2.33. The van der Waals surface area contributed by atoms with Crippen LogP contribution in [-0.4, -0.2) is 41.5 Å². The smallest absolute Gasteiger partial charge is 0.319 e. The summed E-state index contributed by atoms with van der Waals surface area (Å²) in [5.41, 5.74) is 4.26. The molecule has 1 atom stereocenters. The Balaban J connectivity index is 1.27. The fourth-order valence-electron chi connectivity index (χ4n) is 5.01. The largest absolute Gasteiger partial charge is 0.338 e. The third-order valence-electron chi connectivity index (χ3n) is 6.57. The Morgan fingerprint density at radius 2 is 1.97 bits per heavy atom. The van der Waals surface area contributed by atoms with Gasteiger partial charge in [0.15, 0.2) is 0 Å².